The molecule has 15 heavy (non-hydrogen) atoms. The average molecular weight is 209 g/mol. The highest BCUT2D eigenvalue weighted by molar-refractivity contribution is 5.96. The van der Waals surface area contributed by atoms with E-state index in [2.05, 4.69) is 10.3 Å². The van der Waals surface area contributed by atoms with Crippen LogP contribution in [0.15, 0.2) is 18.3 Å². The minimum absolute atomic E-state index is 0.0212. The molecule has 4 N–H and O–H groups in total. The molecular weight excluding hydrogens is 194 g/mol. The molecule has 0 saturated carbocycles. The van der Waals surface area contributed by atoms with Crippen LogP contribution in [-0.2, 0) is 0 Å². The van der Waals surface area contributed by atoms with Crippen molar-refractivity contribution in [3.8, 4) is 0 Å². The third kappa shape index (κ3) is 4.05. The van der Waals surface area contributed by atoms with Gasteiger partial charge in [-0.15, -0.1) is 0 Å². The van der Waals surface area contributed by atoms with E-state index in [1.807, 2.05) is 0 Å². The number of nitrogens with one attached hydrogen (secondary N) is 1. The molecule has 1 heterocycles. The van der Waals surface area contributed by atoms with Gasteiger partial charge >= 0.3 is 0 Å². The van der Waals surface area contributed by atoms with Crippen LogP contribution in [0, 0.1) is 0 Å². The lowest BCUT2D eigenvalue weighted by Gasteiger charge is -2.02. The molecule has 0 bridgehead atoms. The first-order valence-corrected chi connectivity index (χ1v) is 4.80. The number of pyridine rings is 1. The highest BCUT2D eigenvalue weighted by Crippen LogP contribution is 2.03. The summed E-state index contributed by atoms with van der Waals surface area (Å²) in [5.74, 6) is 0.429. The normalized spacial score (nSPS) is 10.2. The number of nitrogens with zero attached hydrogens (tertiary/aromatic N) is 1. The Kier molecular flexibility index (Phi) is 4.73. The van der Waals surface area contributed by atoms with E-state index in [1.165, 1.54) is 6.20 Å². The Hall–Kier alpha value is -1.46. The number of nitrogen functional groups attached to an aromatic ring is 1. The maximum absolute atomic E-state index is 11.5. The summed E-state index contributed by atoms with van der Waals surface area (Å²) in [6.45, 7) is 1.15. The van der Waals surface area contributed by atoms with Gasteiger partial charge in [0.05, 0.1) is 6.61 Å². The zero-order valence-electron chi connectivity index (χ0n) is 8.44. The third-order valence-electron chi connectivity index (χ3n) is 1.93. The molecule has 0 atom stereocenters. The van der Waals surface area contributed by atoms with E-state index >= 15 is 0 Å². The van der Waals surface area contributed by atoms with Gasteiger partial charge in [-0.1, -0.05) is 0 Å². The lowest BCUT2D eigenvalue weighted by atomic mass is 10.1. The minimum atomic E-state index is 0.0212. The average Bonchev–Trinajstić information content (AvgIpc) is 2.25. The molecule has 0 fully saturated rings. The summed E-state index contributed by atoms with van der Waals surface area (Å²) in [4.78, 5) is 15.4. The summed E-state index contributed by atoms with van der Waals surface area (Å²) in [6.07, 6.45) is 1.87. The Labute approximate surface area is 88.3 Å². The zero-order valence-corrected chi connectivity index (χ0v) is 8.44. The summed E-state index contributed by atoms with van der Waals surface area (Å²) in [5, 5.41) is 11.4. The van der Waals surface area contributed by atoms with Gasteiger partial charge in [0.15, 0.2) is 5.78 Å². The van der Waals surface area contributed by atoms with Crippen LogP contribution >= 0.6 is 0 Å². The zero-order chi connectivity index (χ0) is 11.1. The Bertz CT molecular complexity index is 311. The summed E-state index contributed by atoms with van der Waals surface area (Å²) >= 11 is 0. The molecule has 1 aromatic rings. The van der Waals surface area contributed by atoms with Crippen molar-refractivity contribution in [3.63, 3.8) is 0 Å². The van der Waals surface area contributed by atoms with Gasteiger partial charge in [-0.05, 0) is 12.1 Å². The third-order valence-corrected chi connectivity index (χ3v) is 1.93. The van der Waals surface area contributed by atoms with Crippen LogP contribution in [0.25, 0.3) is 0 Å². The Morgan fingerprint density at radius 3 is 2.87 bits per heavy atom. The standard InChI is InChI=1S/C10H15N3O2/c11-10-2-1-8(7-13-10)9(15)3-4-12-5-6-14/h1-2,7,12,14H,3-6H2,(H2,11,13). The molecule has 0 radical (unpaired) electrons. The van der Waals surface area contributed by atoms with Crippen molar-refractivity contribution in [1.82, 2.24) is 10.3 Å². The van der Waals surface area contributed by atoms with Crippen molar-refractivity contribution in [3.05, 3.63) is 23.9 Å². The van der Waals surface area contributed by atoms with Crippen LogP contribution in [0.3, 0.4) is 0 Å². The van der Waals surface area contributed by atoms with Crippen molar-refractivity contribution >= 4 is 11.6 Å². The summed E-state index contributed by atoms with van der Waals surface area (Å²) in [6, 6.07) is 3.27. The number of aliphatic hydroxyl groups excluding tert-OH is 1. The fraction of sp³-hybridized carbons (Fsp3) is 0.400. The van der Waals surface area contributed by atoms with Gasteiger partial charge < -0.3 is 16.2 Å². The first-order valence-electron chi connectivity index (χ1n) is 4.80. The Morgan fingerprint density at radius 2 is 2.27 bits per heavy atom. The van der Waals surface area contributed by atoms with Crippen LogP contribution in [0.2, 0.25) is 0 Å². The lowest BCUT2D eigenvalue weighted by molar-refractivity contribution is 0.0981. The quantitative estimate of drug-likeness (QED) is 0.447. The molecule has 82 valence electrons. The smallest absolute Gasteiger partial charge is 0.165 e. The van der Waals surface area contributed by atoms with Gasteiger partial charge in [0, 0.05) is 31.3 Å². The first-order chi connectivity index (χ1) is 7.24. The molecular formula is C10H15N3O2. The highest BCUT2D eigenvalue weighted by atomic mass is 16.3. The second-order valence-corrected chi connectivity index (χ2v) is 3.12. The van der Waals surface area contributed by atoms with E-state index in [0.29, 0.717) is 30.9 Å². The number of ketones is 1. The fourth-order valence-electron chi connectivity index (χ4n) is 1.12. The summed E-state index contributed by atoms with van der Waals surface area (Å²) < 4.78 is 0. The fourth-order valence-corrected chi connectivity index (χ4v) is 1.12. The maximum atomic E-state index is 11.5. The lowest BCUT2D eigenvalue weighted by Crippen LogP contribution is -2.21. The minimum Gasteiger partial charge on any atom is -0.395 e. The number of Topliss-reactive ketones (excluding diaryl/α,β-unsaturated/α-hetero) is 1. The summed E-state index contributed by atoms with van der Waals surface area (Å²) in [7, 11) is 0. The van der Waals surface area contributed by atoms with E-state index in [9.17, 15) is 4.79 Å². The van der Waals surface area contributed by atoms with Crippen LogP contribution in [0.5, 0.6) is 0 Å². The molecule has 0 aliphatic rings. The second kappa shape index (κ2) is 6.10. The molecule has 5 heteroatoms. The van der Waals surface area contributed by atoms with Gasteiger partial charge in [0.1, 0.15) is 5.82 Å². The van der Waals surface area contributed by atoms with E-state index in [0.717, 1.165) is 0 Å². The van der Waals surface area contributed by atoms with Crippen LogP contribution in [-0.4, -0.2) is 35.6 Å². The Balaban J connectivity index is 2.37. The highest BCUT2D eigenvalue weighted by Gasteiger charge is 2.04. The van der Waals surface area contributed by atoms with E-state index in [1.54, 1.807) is 12.1 Å². The van der Waals surface area contributed by atoms with Crippen molar-refractivity contribution in [2.75, 3.05) is 25.4 Å². The number of nitrogens with two attached hydrogens (primary N) is 1. The predicted octanol–water partition coefficient (Wildman–Crippen LogP) is -0.182. The van der Waals surface area contributed by atoms with E-state index < -0.39 is 0 Å². The molecule has 0 aliphatic heterocycles. The van der Waals surface area contributed by atoms with Gasteiger partial charge in [0.25, 0.3) is 0 Å². The molecule has 0 saturated heterocycles. The topological polar surface area (TPSA) is 88.2 Å². The number of hydrogen-bond acceptors (Lipinski definition) is 5. The number of carbonyl (C=O) groups excluding carboxylic acids is 1. The molecule has 0 spiro atoms. The largest absolute Gasteiger partial charge is 0.395 e. The van der Waals surface area contributed by atoms with E-state index in [4.69, 9.17) is 10.8 Å². The van der Waals surface area contributed by atoms with Gasteiger partial charge in [-0.3, -0.25) is 4.79 Å². The van der Waals surface area contributed by atoms with Gasteiger partial charge in [0.2, 0.25) is 0 Å². The number of carbonyl (C=O) groups is 1. The van der Waals surface area contributed by atoms with Crippen molar-refractivity contribution in [2.45, 2.75) is 6.42 Å². The first kappa shape index (κ1) is 11.6. The van der Waals surface area contributed by atoms with E-state index in [-0.39, 0.29) is 12.4 Å². The molecule has 0 aliphatic carbocycles. The maximum Gasteiger partial charge on any atom is 0.165 e. The molecule has 5 nitrogen and oxygen atoms in total. The van der Waals surface area contributed by atoms with Gasteiger partial charge in [-0.25, -0.2) is 4.98 Å². The van der Waals surface area contributed by atoms with Crippen LogP contribution in [0.1, 0.15) is 16.8 Å². The monoisotopic (exact) mass is 209 g/mol. The Morgan fingerprint density at radius 1 is 1.47 bits per heavy atom. The van der Waals surface area contributed by atoms with Crippen LogP contribution in [0.4, 0.5) is 5.82 Å². The summed E-state index contributed by atoms with van der Waals surface area (Å²) in [5.41, 5.74) is 5.97. The van der Waals surface area contributed by atoms with Crippen molar-refractivity contribution < 1.29 is 9.90 Å². The van der Waals surface area contributed by atoms with Crippen molar-refractivity contribution in [1.29, 1.82) is 0 Å². The second-order valence-electron chi connectivity index (χ2n) is 3.12. The molecule has 0 amide bonds. The van der Waals surface area contributed by atoms with Crippen molar-refractivity contribution in [2.24, 2.45) is 0 Å². The number of anilines is 1. The molecule has 1 aromatic heterocycles. The molecule has 0 aromatic carbocycles. The molecule has 1 rings (SSSR count). The van der Waals surface area contributed by atoms with Crippen LogP contribution < -0.4 is 11.1 Å². The predicted molar refractivity (Wildman–Crippen MR) is 57.6 cm³/mol. The number of aromatic nitrogens is 1. The number of hydrogen-bond donors (Lipinski definition) is 3. The number of rotatable bonds is 6. The SMILES string of the molecule is Nc1ccc(C(=O)CCNCCO)cn1. The van der Waals surface area contributed by atoms with Gasteiger partial charge in [-0.2, -0.15) is 0 Å². The number of aliphatic hydroxyl groups is 1. The molecule has 0 unspecified atom stereocenters.